The van der Waals surface area contributed by atoms with E-state index in [9.17, 15) is 9.90 Å². The van der Waals surface area contributed by atoms with Crippen LogP contribution < -0.4 is 10.2 Å². The number of benzene rings is 3. The topological polar surface area (TPSA) is 59.7 Å². The van der Waals surface area contributed by atoms with Gasteiger partial charge in [0.1, 0.15) is 23.3 Å². The highest BCUT2D eigenvalue weighted by Gasteiger charge is 2.11. The Labute approximate surface area is 131 Å². The predicted molar refractivity (Wildman–Crippen MR) is 88.2 cm³/mol. The molecule has 0 fully saturated rings. The van der Waals surface area contributed by atoms with Gasteiger partial charge in [-0.15, -0.1) is 0 Å². The smallest absolute Gasteiger partial charge is 0.235 e. The van der Waals surface area contributed by atoms with Gasteiger partial charge in [0.2, 0.25) is 11.2 Å². The monoisotopic (exact) mass is 304 g/mol. The molecule has 1 aromatic heterocycles. The zero-order valence-corrected chi connectivity index (χ0v) is 12.0. The van der Waals surface area contributed by atoms with Crippen molar-refractivity contribution in [2.45, 2.75) is 0 Å². The molecule has 0 bridgehead atoms. The van der Waals surface area contributed by atoms with Crippen LogP contribution in [0, 0.1) is 0 Å². The van der Waals surface area contributed by atoms with Crippen molar-refractivity contribution in [1.82, 2.24) is 0 Å². The van der Waals surface area contributed by atoms with Gasteiger partial charge in [0.25, 0.3) is 0 Å². The number of ether oxygens (including phenoxy) is 1. The van der Waals surface area contributed by atoms with E-state index in [0.29, 0.717) is 16.7 Å². The quantitative estimate of drug-likeness (QED) is 0.594. The summed E-state index contributed by atoms with van der Waals surface area (Å²) in [6, 6.07) is 17.8. The molecule has 0 saturated carbocycles. The summed E-state index contributed by atoms with van der Waals surface area (Å²) < 4.78 is 11.2. The van der Waals surface area contributed by atoms with E-state index in [4.69, 9.17) is 9.15 Å². The summed E-state index contributed by atoms with van der Waals surface area (Å²) in [5.74, 6) is 0.747. The number of rotatable bonds is 2. The van der Waals surface area contributed by atoms with Crippen LogP contribution >= 0.6 is 0 Å². The Morgan fingerprint density at radius 2 is 1.70 bits per heavy atom. The Hall–Kier alpha value is -3.27. The van der Waals surface area contributed by atoms with Gasteiger partial charge in [0.05, 0.1) is 5.39 Å². The standard InChI is InChI=1S/C19H12O4/c20-13-8-9-15-17(10-13)22-11-18(19(15)21)23-16-7-3-5-12-4-1-2-6-14(12)16/h1-11,20H. The third kappa shape index (κ3) is 2.30. The highest BCUT2D eigenvalue weighted by Crippen LogP contribution is 2.29. The molecule has 4 heteroatoms. The van der Waals surface area contributed by atoms with Crippen molar-refractivity contribution >= 4 is 21.7 Å². The van der Waals surface area contributed by atoms with Crippen LogP contribution in [-0.4, -0.2) is 5.11 Å². The van der Waals surface area contributed by atoms with E-state index in [1.54, 1.807) is 0 Å². The van der Waals surface area contributed by atoms with Crippen molar-refractivity contribution in [2.24, 2.45) is 0 Å². The zero-order chi connectivity index (χ0) is 15.8. The van der Waals surface area contributed by atoms with Crippen molar-refractivity contribution in [3.63, 3.8) is 0 Å². The maximum Gasteiger partial charge on any atom is 0.235 e. The molecule has 112 valence electrons. The Balaban J connectivity index is 1.85. The minimum Gasteiger partial charge on any atom is -0.508 e. The van der Waals surface area contributed by atoms with E-state index in [2.05, 4.69) is 0 Å². The molecule has 3 aromatic carbocycles. The van der Waals surface area contributed by atoms with Gasteiger partial charge in [0.15, 0.2) is 0 Å². The molecule has 0 amide bonds. The number of phenolic OH excluding ortho intramolecular Hbond substituents is 1. The zero-order valence-electron chi connectivity index (χ0n) is 12.0. The number of aromatic hydroxyl groups is 1. The molecule has 23 heavy (non-hydrogen) atoms. The Bertz CT molecular complexity index is 1070. The lowest BCUT2D eigenvalue weighted by atomic mass is 10.1. The van der Waals surface area contributed by atoms with Gasteiger partial charge in [0, 0.05) is 11.5 Å². The Morgan fingerprint density at radius 3 is 2.61 bits per heavy atom. The van der Waals surface area contributed by atoms with E-state index < -0.39 is 0 Å². The van der Waals surface area contributed by atoms with Crippen molar-refractivity contribution in [1.29, 1.82) is 0 Å². The maximum atomic E-state index is 12.5. The first-order valence-electron chi connectivity index (χ1n) is 7.12. The lowest BCUT2D eigenvalue weighted by molar-refractivity contribution is 0.453. The van der Waals surface area contributed by atoms with Crippen LogP contribution in [0.15, 0.2) is 76.1 Å². The first-order valence-corrected chi connectivity index (χ1v) is 7.12. The molecule has 4 rings (SSSR count). The van der Waals surface area contributed by atoms with Gasteiger partial charge in [-0.1, -0.05) is 36.4 Å². The molecule has 1 N–H and O–H groups in total. The van der Waals surface area contributed by atoms with Gasteiger partial charge in [-0.25, -0.2) is 0 Å². The number of hydrogen-bond donors (Lipinski definition) is 1. The van der Waals surface area contributed by atoms with Crippen LogP contribution in [-0.2, 0) is 0 Å². The van der Waals surface area contributed by atoms with Gasteiger partial charge in [-0.3, -0.25) is 4.79 Å². The normalized spacial score (nSPS) is 11.0. The van der Waals surface area contributed by atoms with Crippen LogP contribution in [0.25, 0.3) is 21.7 Å². The summed E-state index contributed by atoms with van der Waals surface area (Å²) in [5.41, 5.74) is 0.0412. The fourth-order valence-electron chi connectivity index (χ4n) is 2.57. The van der Waals surface area contributed by atoms with E-state index >= 15 is 0 Å². The van der Waals surface area contributed by atoms with E-state index in [1.165, 1.54) is 24.5 Å². The summed E-state index contributed by atoms with van der Waals surface area (Å²) >= 11 is 0. The van der Waals surface area contributed by atoms with Crippen molar-refractivity contribution in [2.75, 3.05) is 0 Å². The molecule has 0 aliphatic rings. The third-order valence-electron chi connectivity index (χ3n) is 3.70. The maximum absolute atomic E-state index is 12.5. The summed E-state index contributed by atoms with van der Waals surface area (Å²) in [4.78, 5) is 12.5. The SMILES string of the molecule is O=c1c(Oc2cccc3ccccc23)coc2cc(O)ccc12. The van der Waals surface area contributed by atoms with E-state index in [0.717, 1.165) is 10.8 Å². The van der Waals surface area contributed by atoms with Crippen LogP contribution in [0.3, 0.4) is 0 Å². The summed E-state index contributed by atoms with van der Waals surface area (Å²) in [7, 11) is 0. The molecule has 0 unspecified atom stereocenters. The summed E-state index contributed by atoms with van der Waals surface area (Å²) in [5, 5.41) is 11.8. The van der Waals surface area contributed by atoms with Crippen LogP contribution in [0.1, 0.15) is 0 Å². The van der Waals surface area contributed by atoms with Crippen LogP contribution in [0.5, 0.6) is 17.2 Å². The molecule has 1 heterocycles. The largest absolute Gasteiger partial charge is 0.508 e. The predicted octanol–water partition coefficient (Wildman–Crippen LogP) is 4.44. The van der Waals surface area contributed by atoms with Crippen molar-refractivity contribution in [3.8, 4) is 17.2 Å². The fraction of sp³-hybridized carbons (Fsp3) is 0. The van der Waals surface area contributed by atoms with E-state index in [1.807, 2.05) is 42.5 Å². The molecule has 4 aromatic rings. The summed E-state index contributed by atoms with van der Waals surface area (Å²) in [6.07, 6.45) is 1.27. The Morgan fingerprint density at radius 1 is 0.870 bits per heavy atom. The molecule has 0 aliphatic carbocycles. The number of fused-ring (bicyclic) bond motifs is 2. The van der Waals surface area contributed by atoms with Gasteiger partial charge >= 0.3 is 0 Å². The molecular weight excluding hydrogens is 292 g/mol. The molecule has 0 atom stereocenters. The van der Waals surface area contributed by atoms with Gasteiger partial charge in [-0.2, -0.15) is 0 Å². The van der Waals surface area contributed by atoms with Gasteiger partial charge in [-0.05, 0) is 23.6 Å². The van der Waals surface area contributed by atoms with Crippen LogP contribution in [0.2, 0.25) is 0 Å². The van der Waals surface area contributed by atoms with Gasteiger partial charge < -0.3 is 14.3 Å². The molecule has 0 aliphatic heterocycles. The molecular formula is C19H12O4. The number of phenols is 1. The minimum atomic E-state index is -0.279. The first-order chi connectivity index (χ1) is 11.2. The van der Waals surface area contributed by atoms with E-state index in [-0.39, 0.29) is 16.9 Å². The summed E-state index contributed by atoms with van der Waals surface area (Å²) in [6.45, 7) is 0. The average molecular weight is 304 g/mol. The van der Waals surface area contributed by atoms with Crippen molar-refractivity contribution < 1.29 is 14.3 Å². The molecule has 4 nitrogen and oxygen atoms in total. The average Bonchev–Trinajstić information content (AvgIpc) is 2.57. The highest BCUT2D eigenvalue weighted by molar-refractivity contribution is 5.88. The highest BCUT2D eigenvalue weighted by atomic mass is 16.5. The molecule has 0 saturated heterocycles. The first kappa shape index (κ1) is 13.4. The molecule has 0 spiro atoms. The number of hydrogen-bond acceptors (Lipinski definition) is 4. The lowest BCUT2D eigenvalue weighted by Gasteiger charge is -2.08. The Kier molecular flexibility index (Phi) is 3.01. The lowest BCUT2D eigenvalue weighted by Crippen LogP contribution is -2.04. The molecule has 0 radical (unpaired) electrons. The van der Waals surface area contributed by atoms with Crippen molar-refractivity contribution in [3.05, 3.63) is 77.2 Å². The second-order valence-corrected chi connectivity index (χ2v) is 5.19. The second kappa shape index (κ2) is 5.18. The fourth-order valence-corrected chi connectivity index (χ4v) is 2.57. The minimum absolute atomic E-state index is 0.0448. The van der Waals surface area contributed by atoms with Crippen LogP contribution in [0.4, 0.5) is 0 Å². The third-order valence-corrected chi connectivity index (χ3v) is 3.70. The second-order valence-electron chi connectivity index (χ2n) is 5.19.